The third kappa shape index (κ3) is 4.99. The Hall–Kier alpha value is -2.53. The highest BCUT2D eigenvalue weighted by molar-refractivity contribution is 5.74. The number of carbonyl (C=O) groups is 1. The van der Waals surface area contributed by atoms with Crippen LogP contribution in [-0.2, 0) is 17.8 Å². The number of carbonyl (C=O) groups excluding carboxylic acids is 1. The molecule has 26 heavy (non-hydrogen) atoms. The zero-order valence-corrected chi connectivity index (χ0v) is 15.1. The van der Waals surface area contributed by atoms with Gasteiger partial charge in [0.15, 0.2) is 0 Å². The molecule has 5 heteroatoms. The fraction of sp³-hybridized carbons (Fsp3) is 0.381. The van der Waals surface area contributed by atoms with E-state index in [2.05, 4.69) is 5.32 Å². The van der Waals surface area contributed by atoms with E-state index in [0.29, 0.717) is 19.6 Å². The first-order valence-corrected chi connectivity index (χ1v) is 9.08. The molecule has 1 heterocycles. The number of urea groups is 1. The SMILES string of the molecule is Cc1ccc(CNC(=O)N(Cc2ccccc2O)CC2CCCO2)cc1. The minimum atomic E-state index is -0.149. The second-order valence-electron chi connectivity index (χ2n) is 6.79. The van der Waals surface area contributed by atoms with E-state index in [1.807, 2.05) is 43.3 Å². The summed E-state index contributed by atoms with van der Waals surface area (Å²) in [7, 11) is 0. The van der Waals surface area contributed by atoms with Crippen LogP contribution in [0.2, 0.25) is 0 Å². The van der Waals surface area contributed by atoms with Gasteiger partial charge in [0.05, 0.1) is 12.6 Å². The van der Waals surface area contributed by atoms with Crippen LogP contribution in [-0.4, -0.2) is 35.3 Å². The van der Waals surface area contributed by atoms with Crippen LogP contribution in [0.15, 0.2) is 48.5 Å². The van der Waals surface area contributed by atoms with Crippen molar-refractivity contribution < 1.29 is 14.6 Å². The second kappa shape index (κ2) is 8.72. The van der Waals surface area contributed by atoms with Gasteiger partial charge in [-0.3, -0.25) is 0 Å². The van der Waals surface area contributed by atoms with Gasteiger partial charge in [-0.05, 0) is 31.4 Å². The van der Waals surface area contributed by atoms with Crippen molar-refractivity contribution in [2.24, 2.45) is 0 Å². The van der Waals surface area contributed by atoms with E-state index in [1.54, 1.807) is 17.0 Å². The largest absolute Gasteiger partial charge is 0.508 e. The number of aryl methyl sites for hydroxylation is 1. The van der Waals surface area contributed by atoms with Gasteiger partial charge in [0, 0.05) is 25.3 Å². The molecule has 0 aliphatic carbocycles. The standard InChI is InChI=1S/C21H26N2O3/c1-16-8-10-17(11-9-16)13-22-21(25)23(15-19-6-4-12-26-19)14-18-5-2-3-7-20(18)24/h2-3,5,7-11,19,24H,4,6,12-15H2,1H3,(H,22,25). The molecule has 138 valence electrons. The molecule has 0 bridgehead atoms. The summed E-state index contributed by atoms with van der Waals surface area (Å²) in [5.74, 6) is 0.205. The van der Waals surface area contributed by atoms with Gasteiger partial charge in [-0.2, -0.15) is 0 Å². The van der Waals surface area contributed by atoms with E-state index in [1.165, 1.54) is 5.56 Å². The van der Waals surface area contributed by atoms with E-state index >= 15 is 0 Å². The number of benzene rings is 2. The minimum Gasteiger partial charge on any atom is -0.508 e. The number of para-hydroxylation sites is 1. The lowest BCUT2D eigenvalue weighted by molar-refractivity contribution is 0.0792. The highest BCUT2D eigenvalue weighted by Gasteiger charge is 2.23. The Kier molecular flexibility index (Phi) is 6.12. The topological polar surface area (TPSA) is 61.8 Å². The van der Waals surface area contributed by atoms with Gasteiger partial charge in [-0.25, -0.2) is 4.79 Å². The average Bonchev–Trinajstić information content (AvgIpc) is 3.15. The predicted molar refractivity (Wildman–Crippen MR) is 101 cm³/mol. The number of phenols is 1. The molecule has 1 aliphatic heterocycles. The van der Waals surface area contributed by atoms with Gasteiger partial charge in [0.2, 0.25) is 0 Å². The molecule has 2 aromatic carbocycles. The van der Waals surface area contributed by atoms with Crippen molar-refractivity contribution in [3.05, 3.63) is 65.2 Å². The molecule has 3 rings (SSSR count). The highest BCUT2D eigenvalue weighted by atomic mass is 16.5. The maximum atomic E-state index is 12.8. The molecular weight excluding hydrogens is 328 g/mol. The van der Waals surface area contributed by atoms with Crippen LogP contribution in [0.1, 0.15) is 29.5 Å². The van der Waals surface area contributed by atoms with Crippen LogP contribution in [0.3, 0.4) is 0 Å². The van der Waals surface area contributed by atoms with Crippen LogP contribution in [0.4, 0.5) is 4.79 Å². The zero-order chi connectivity index (χ0) is 18.4. The maximum Gasteiger partial charge on any atom is 0.318 e. The molecule has 1 saturated heterocycles. The molecule has 5 nitrogen and oxygen atoms in total. The van der Waals surface area contributed by atoms with E-state index in [-0.39, 0.29) is 17.9 Å². The van der Waals surface area contributed by atoms with E-state index in [4.69, 9.17) is 4.74 Å². The number of phenolic OH excluding ortho intramolecular Hbond substituents is 1. The summed E-state index contributed by atoms with van der Waals surface area (Å²) in [6.07, 6.45) is 2.05. The quantitative estimate of drug-likeness (QED) is 0.833. The molecule has 2 N–H and O–H groups in total. The molecular formula is C21H26N2O3. The predicted octanol–water partition coefficient (Wildman–Crippen LogP) is 3.59. The van der Waals surface area contributed by atoms with Gasteiger partial charge >= 0.3 is 6.03 Å². The molecule has 1 unspecified atom stereocenters. The number of nitrogens with zero attached hydrogens (tertiary/aromatic N) is 1. The first kappa shape index (κ1) is 18.3. The summed E-state index contributed by atoms with van der Waals surface area (Å²) in [6, 6.07) is 15.1. The molecule has 2 aromatic rings. The number of aromatic hydroxyl groups is 1. The number of nitrogens with one attached hydrogen (secondary N) is 1. The van der Waals surface area contributed by atoms with Crippen molar-refractivity contribution >= 4 is 6.03 Å². The Morgan fingerprint density at radius 1 is 1.23 bits per heavy atom. The molecule has 0 spiro atoms. The Morgan fingerprint density at radius 2 is 2.00 bits per heavy atom. The van der Waals surface area contributed by atoms with Crippen LogP contribution in [0.25, 0.3) is 0 Å². The lowest BCUT2D eigenvalue weighted by Crippen LogP contribution is -2.43. The van der Waals surface area contributed by atoms with Crippen LogP contribution < -0.4 is 5.32 Å². The van der Waals surface area contributed by atoms with Crippen molar-refractivity contribution in [3.8, 4) is 5.75 Å². The number of hydrogen-bond acceptors (Lipinski definition) is 3. The number of amides is 2. The summed E-state index contributed by atoms with van der Waals surface area (Å²) in [5.41, 5.74) is 2.99. The van der Waals surface area contributed by atoms with Crippen molar-refractivity contribution in [2.45, 2.75) is 39.0 Å². The van der Waals surface area contributed by atoms with Crippen molar-refractivity contribution in [1.82, 2.24) is 10.2 Å². The first-order valence-electron chi connectivity index (χ1n) is 9.08. The van der Waals surface area contributed by atoms with Crippen molar-refractivity contribution in [2.75, 3.05) is 13.2 Å². The Balaban J connectivity index is 1.65. The number of rotatable bonds is 6. The van der Waals surface area contributed by atoms with Crippen LogP contribution >= 0.6 is 0 Å². The van der Waals surface area contributed by atoms with Crippen molar-refractivity contribution in [1.29, 1.82) is 0 Å². The molecule has 1 fully saturated rings. The van der Waals surface area contributed by atoms with Crippen LogP contribution in [0, 0.1) is 6.92 Å². The first-order chi connectivity index (χ1) is 12.6. The summed E-state index contributed by atoms with van der Waals surface area (Å²) >= 11 is 0. The fourth-order valence-electron chi connectivity index (χ4n) is 3.10. The molecule has 1 atom stereocenters. The average molecular weight is 354 g/mol. The third-order valence-corrected chi connectivity index (χ3v) is 4.65. The number of ether oxygens (including phenoxy) is 1. The van der Waals surface area contributed by atoms with E-state index in [9.17, 15) is 9.90 Å². The third-order valence-electron chi connectivity index (χ3n) is 4.65. The minimum absolute atomic E-state index is 0.0611. The van der Waals surface area contributed by atoms with Crippen LogP contribution in [0.5, 0.6) is 5.75 Å². The molecule has 0 saturated carbocycles. The summed E-state index contributed by atoms with van der Waals surface area (Å²) < 4.78 is 5.69. The monoisotopic (exact) mass is 354 g/mol. The molecule has 0 radical (unpaired) electrons. The van der Waals surface area contributed by atoms with Crippen molar-refractivity contribution in [3.63, 3.8) is 0 Å². The summed E-state index contributed by atoms with van der Waals surface area (Å²) in [5, 5.41) is 13.0. The lowest BCUT2D eigenvalue weighted by Gasteiger charge is -2.26. The Labute approximate surface area is 154 Å². The normalized spacial score (nSPS) is 16.4. The second-order valence-corrected chi connectivity index (χ2v) is 6.79. The summed E-state index contributed by atoms with van der Waals surface area (Å²) in [4.78, 5) is 14.5. The summed E-state index contributed by atoms with van der Waals surface area (Å²) in [6.45, 7) is 4.14. The van der Waals surface area contributed by atoms with Gasteiger partial charge in [0.25, 0.3) is 0 Å². The van der Waals surface area contributed by atoms with Gasteiger partial charge in [-0.1, -0.05) is 48.0 Å². The lowest BCUT2D eigenvalue weighted by atomic mass is 10.1. The number of hydrogen-bond donors (Lipinski definition) is 2. The molecule has 2 amide bonds. The highest BCUT2D eigenvalue weighted by Crippen LogP contribution is 2.20. The van der Waals surface area contributed by atoms with Gasteiger partial charge < -0.3 is 20.1 Å². The Bertz CT molecular complexity index is 724. The van der Waals surface area contributed by atoms with Gasteiger partial charge in [0.1, 0.15) is 5.75 Å². The van der Waals surface area contributed by atoms with E-state index in [0.717, 1.165) is 30.6 Å². The Morgan fingerprint density at radius 3 is 2.69 bits per heavy atom. The van der Waals surface area contributed by atoms with Gasteiger partial charge in [-0.15, -0.1) is 0 Å². The van der Waals surface area contributed by atoms with E-state index < -0.39 is 0 Å². The molecule has 0 aromatic heterocycles. The smallest absolute Gasteiger partial charge is 0.318 e. The molecule has 1 aliphatic rings. The maximum absolute atomic E-state index is 12.8. The fourth-order valence-corrected chi connectivity index (χ4v) is 3.10. The zero-order valence-electron chi connectivity index (χ0n) is 15.1.